The Morgan fingerprint density at radius 1 is 1.02 bits per heavy atom. The Labute approximate surface area is 236 Å². The number of hydrogen-bond acceptors (Lipinski definition) is 5. The minimum Gasteiger partial charge on any atom is -0.352 e. The number of Topliss-reactive ketones (excluding diaryl/α,β-unsaturated/α-hetero) is 1. The van der Waals surface area contributed by atoms with Crippen LogP contribution in [-0.4, -0.2) is 53.6 Å². The number of nitrogens with zero attached hydrogens (tertiary/aromatic N) is 1. The minimum absolute atomic E-state index is 0.0123. The van der Waals surface area contributed by atoms with Crippen molar-refractivity contribution in [1.82, 2.24) is 15.5 Å². The van der Waals surface area contributed by atoms with Crippen LogP contribution in [0.4, 0.5) is 10.5 Å². The largest absolute Gasteiger partial charge is 0.352 e. The van der Waals surface area contributed by atoms with E-state index in [0.717, 1.165) is 6.42 Å². The third kappa shape index (κ3) is 10.7. The highest BCUT2D eigenvalue weighted by Crippen LogP contribution is 2.20. The average molecular weight is 554 g/mol. The number of carbonyl (C=O) groups excluding carboxylic acids is 5. The Kier molecular flexibility index (Phi) is 12.6. The summed E-state index contributed by atoms with van der Waals surface area (Å²) in [4.78, 5) is 63.6. The molecule has 1 aliphatic rings. The Bertz CT molecular complexity index is 1090. The van der Waals surface area contributed by atoms with Crippen LogP contribution in [0.1, 0.15) is 58.9 Å². The summed E-state index contributed by atoms with van der Waals surface area (Å²) in [5.74, 6) is -1.55. The molecule has 0 bridgehead atoms. The van der Waals surface area contributed by atoms with Gasteiger partial charge in [-0.1, -0.05) is 46.4 Å². The number of carbonyl (C=O) groups is 5. The number of anilines is 1. The minimum atomic E-state index is -0.794. The van der Waals surface area contributed by atoms with E-state index in [4.69, 9.17) is 5.73 Å². The average Bonchev–Trinajstić information content (AvgIpc) is 3.20. The van der Waals surface area contributed by atoms with Gasteiger partial charge in [0.05, 0.1) is 6.04 Å². The zero-order valence-corrected chi connectivity index (χ0v) is 24.0. The lowest BCUT2D eigenvalue weighted by Gasteiger charge is -2.25. The van der Waals surface area contributed by atoms with E-state index in [0.29, 0.717) is 30.1 Å². The van der Waals surface area contributed by atoms with Crippen LogP contribution in [0.15, 0.2) is 48.7 Å². The first-order chi connectivity index (χ1) is 18.9. The van der Waals surface area contributed by atoms with Crippen LogP contribution in [0.2, 0.25) is 0 Å². The molecule has 218 valence electrons. The van der Waals surface area contributed by atoms with Gasteiger partial charge in [0.1, 0.15) is 0 Å². The Balaban J connectivity index is 2.04. The summed E-state index contributed by atoms with van der Waals surface area (Å²) in [5.41, 5.74) is 7.46. The molecule has 1 aromatic carbocycles. The third-order valence-corrected chi connectivity index (χ3v) is 6.64. The van der Waals surface area contributed by atoms with Gasteiger partial charge in [-0.05, 0) is 54.9 Å². The molecule has 1 heterocycles. The third-order valence-electron chi connectivity index (χ3n) is 6.64. The van der Waals surface area contributed by atoms with Crippen molar-refractivity contribution in [2.45, 2.75) is 65.8 Å². The molecule has 5 N–H and O–H groups in total. The van der Waals surface area contributed by atoms with Crippen LogP contribution >= 0.6 is 0 Å². The van der Waals surface area contributed by atoms with E-state index in [1.807, 2.05) is 38.1 Å². The number of nitrogens with two attached hydrogens (primary N) is 1. The molecule has 5 amide bonds. The molecule has 0 aliphatic carbocycles. The molecular weight excluding hydrogens is 510 g/mol. The van der Waals surface area contributed by atoms with Crippen LogP contribution < -0.4 is 21.7 Å². The van der Waals surface area contributed by atoms with Crippen molar-refractivity contribution in [3.63, 3.8) is 0 Å². The predicted octanol–water partition coefficient (Wildman–Crippen LogP) is 3.29. The Morgan fingerprint density at radius 3 is 2.25 bits per heavy atom. The predicted molar refractivity (Wildman–Crippen MR) is 155 cm³/mol. The van der Waals surface area contributed by atoms with Crippen molar-refractivity contribution in [3.05, 3.63) is 54.3 Å². The molecule has 10 heteroatoms. The van der Waals surface area contributed by atoms with Gasteiger partial charge in [-0.2, -0.15) is 0 Å². The highest BCUT2D eigenvalue weighted by atomic mass is 16.2. The summed E-state index contributed by atoms with van der Waals surface area (Å²) in [5, 5.41) is 8.19. The summed E-state index contributed by atoms with van der Waals surface area (Å²) in [7, 11) is 0. The van der Waals surface area contributed by atoms with Crippen LogP contribution in [0, 0.1) is 17.8 Å². The second-order valence-electron chi connectivity index (χ2n) is 10.9. The summed E-state index contributed by atoms with van der Waals surface area (Å²) in [6.07, 6.45) is 4.63. The van der Waals surface area contributed by atoms with Gasteiger partial charge >= 0.3 is 6.03 Å². The van der Waals surface area contributed by atoms with Gasteiger partial charge in [-0.25, -0.2) is 4.79 Å². The molecule has 0 saturated carbocycles. The molecule has 10 nitrogen and oxygen atoms in total. The lowest BCUT2D eigenvalue weighted by atomic mass is 9.89. The number of amides is 5. The number of ketones is 1. The topological polar surface area (TPSA) is 151 Å². The number of nitrogens with one attached hydrogen (secondary N) is 3. The molecule has 2 rings (SSSR count). The molecule has 0 spiro atoms. The molecule has 1 aromatic rings. The number of allylic oxidation sites excluding steroid dienone is 1. The first-order valence-corrected chi connectivity index (χ1v) is 13.8. The fraction of sp³-hybridized carbons (Fsp3) is 0.500. The van der Waals surface area contributed by atoms with Crippen LogP contribution in [0.5, 0.6) is 0 Å². The normalized spacial score (nSPS) is 14.4. The van der Waals surface area contributed by atoms with E-state index in [1.165, 1.54) is 16.5 Å². The van der Waals surface area contributed by atoms with E-state index in [1.54, 1.807) is 6.08 Å². The Hall–Kier alpha value is -3.95. The molecule has 0 fully saturated rings. The first kappa shape index (κ1) is 32.3. The number of benzene rings is 1. The fourth-order valence-corrected chi connectivity index (χ4v) is 4.52. The van der Waals surface area contributed by atoms with Crippen molar-refractivity contribution in [1.29, 1.82) is 0 Å². The maximum atomic E-state index is 13.4. The van der Waals surface area contributed by atoms with Gasteiger partial charge in [-0.3, -0.25) is 19.2 Å². The summed E-state index contributed by atoms with van der Waals surface area (Å²) < 4.78 is 0. The summed E-state index contributed by atoms with van der Waals surface area (Å²) >= 11 is 0. The number of primary amides is 1. The van der Waals surface area contributed by atoms with Crippen LogP contribution in [-0.2, 0) is 25.6 Å². The maximum Gasteiger partial charge on any atom is 0.312 e. The molecule has 2 atom stereocenters. The molecule has 0 radical (unpaired) electrons. The number of rotatable bonds is 16. The fourth-order valence-electron chi connectivity index (χ4n) is 4.52. The highest BCUT2D eigenvalue weighted by Gasteiger charge is 2.30. The van der Waals surface area contributed by atoms with Crippen molar-refractivity contribution >= 4 is 35.2 Å². The second kappa shape index (κ2) is 15.6. The SMILES string of the molecule is C=C1C=CC(=O)N1CCC(=O)N[C@H](C(=O)C[C@@H](CCCNC(N)=O)C(=O)Nc1ccc(CC(C)C)cc1)C(C)C. The van der Waals surface area contributed by atoms with Gasteiger partial charge in [0.15, 0.2) is 5.78 Å². The van der Waals surface area contributed by atoms with Crippen molar-refractivity contribution in [2.24, 2.45) is 23.5 Å². The molecule has 40 heavy (non-hydrogen) atoms. The first-order valence-electron chi connectivity index (χ1n) is 13.8. The molecule has 0 aromatic heterocycles. The zero-order chi connectivity index (χ0) is 29.8. The van der Waals surface area contributed by atoms with Crippen molar-refractivity contribution < 1.29 is 24.0 Å². The van der Waals surface area contributed by atoms with Gasteiger partial charge < -0.3 is 26.6 Å². The second-order valence-corrected chi connectivity index (χ2v) is 10.9. The molecular formula is C30H43N5O5. The van der Waals surface area contributed by atoms with E-state index in [-0.39, 0.29) is 55.4 Å². The van der Waals surface area contributed by atoms with Crippen LogP contribution in [0.3, 0.4) is 0 Å². The van der Waals surface area contributed by atoms with Gasteiger partial charge in [0.2, 0.25) is 11.8 Å². The van der Waals surface area contributed by atoms with Gasteiger partial charge in [-0.15, -0.1) is 0 Å². The summed E-state index contributed by atoms with van der Waals surface area (Å²) in [6, 6.07) is 6.18. The van der Waals surface area contributed by atoms with Crippen LogP contribution in [0.25, 0.3) is 0 Å². The highest BCUT2D eigenvalue weighted by molar-refractivity contribution is 5.97. The molecule has 0 unspecified atom stereocenters. The standard InChI is InChI=1S/C30H43N5O5/c1-19(2)17-22-9-11-24(12-10-22)33-29(39)23(7-6-15-32-30(31)40)18-25(36)28(20(3)4)34-26(37)14-16-35-21(5)8-13-27(35)38/h8-13,19-20,23,28H,5-7,14-18H2,1-4H3,(H,33,39)(H,34,37)(H3,31,32,40)/t23-,28+/m1/s1. The summed E-state index contributed by atoms with van der Waals surface area (Å²) in [6.45, 7) is 12.1. The molecule has 1 aliphatic heterocycles. The number of hydrogen-bond donors (Lipinski definition) is 4. The quantitative estimate of drug-likeness (QED) is 0.232. The lowest BCUT2D eigenvalue weighted by molar-refractivity contribution is -0.131. The van der Waals surface area contributed by atoms with E-state index in [9.17, 15) is 24.0 Å². The Morgan fingerprint density at radius 2 is 1.70 bits per heavy atom. The van der Waals surface area contributed by atoms with Gasteiger partial charge in [0.25, 0.3) is 5.91 Å². The lowest BCUT2D eigenvalue weighted by Crippen LogP contribution is -2.46. The van der Waals surface area contributed by atoms with E-state index < -0.39 is 18.0 Å². The smallest absolute Gasteiger partial charge is 0.312 e. The van der Waals surface area contributed by atoms with E-state index in [2.05, 4.69) is 36.4 Å². The van der Waals surface area contributed by atoms with Crippen molar-refractivity contribution in [3.8, 4) is 0 Å². The van der Waals surface area contributed by atoms with Crippen molar-refractivity contribution in [2.75, 3.05) is 18.4 Å². The van der Waals surface area contributed by atoms with E-state index >= 15 is 0 Å². The maximum absolute atomic E-state index is 13.4. The molecule has 0 saturated heterocycles. The monoisotopic (exact) mass is 553 g/mol. The zero-order valence-electron chi connectivity index (χ0n) is 24.0. The number of urea groups is 1. The van der Waals surface area contributed by atoms with Gasteiger partial charge in [0, 0.05) is 49.3 Å².